The highest BCUT2D eigenvalue weighted by Crippen LogP contribution is 2.08. The van der Waals surface area contributed by atoms with Crippen LogP contribution in [0, 0.1) is 5.92 Å². The smallest absolute Gasteiger partial charge is 0.232 e. The zero-order chi connectivity index (χ0) is 11.0. The molecule has 0 radical (unpaired) electrons. The summed E-state index contributed by atoms with van der Waals surface area (Å²) in [6, 6.07) is 0. The summed E-state index contributed by atoms with van der Waals surface area (Å²) in [5.41, 5.74) is 5.49. The van der Waals surface area contributed by atoms with E-state index in [1.54, 1.807) is 11.8 Å². The largest absolute Gasteiger partial charge is 0.343 e. The third kappa shape index (κ3) is 5.50. The second-order valence-corrected chi connectivity index (χ2v) is 4.45. The number of thioether (sulfide) groups is 1. The number of nitrogens with two attached hydrogens (primary N) is 1. The number of nitrogens with zero attached hydrogens (tertiary/aromatic N) is 1. The SMILES string of the molecule is CCN(CC)C(=O)CSCC(C)CN. The number of hydrogen-bond donors (Lipinski definition) is 1. The number of carbonyl (C=O) groups is 1. The van der Waals surface area contributed by atoms with Crippen molar-refractivity contribution in [3.8, 4) is 0 Å². The Morgan fingerprint density at radius 1 is 1.43 bits per heavy atom. The molecule has 0 aliphatic carbocycles. The summed E-state index contributed by atoms with van der Waals surface area (Å²) >= 11 is 1.68. The van der Waals surface area contributed by atoms with E-state index in [9.17, 15) is 4.79 Å². The molecular weight excluding hydrogens is 196 g/mol. The predicted molar refractivity (Wildman–Crippen MR) is 63.5 cm³/mol. The van der Waals surface area contributed by atoms with Crippen molar-refractivity contribution < 1.29 is 4.79 Å². The van der Waals surface area contributed by atoms with Crippen LogP contribution >= 0.6 is 11.8 Å². The molecule has 0 rings (SSSR count). The first kappa shape index (κ1) is 13.8. The molecular formula is C10H22N2OS. The number of carbonyl (C=O) groups excluding carboxylic acids is 1. The fourth-order valence-corrected chi connectivity index (χ4v) is 2.10. The summed E-state index contributed by atoms with van der Waals surface area (Å²) in [5, 5.41) is 0. The van der Waals surface area contributed by atoms with Crippen LogP contribution < -0.4 is 5.73 Å². The second kappa shape index (κ2) is 8.12. The molecule has 84 valence electrons. The standard InChI is InChI=1S/C10H22N2OS/c1-4-12(5-2)10(13)8-14-7-9(3)6-11/h9H,4-8,11H2,1-3H3. The van der Waals surface area contributed by atoms with Gasteiger partial charge in [-0.1, -0.05) is 6.92 Å². The molecule has 0 aliphatic rings. The average molecular weight is 218 g/mol. The Bertz CT molecular complexity index is 160. The lowest BCUT2D eigenvalue weighted by Gasteiger charge is -2.18. The summed E-state index contributed by atoms with van der Waals surface area (Å²) in [5.74, 6) is 2.31. The molecule has 0 aromatic rings. The lowest BCUT2D eigenvalue weighted by molar-refractivity contribution is -0.127. The molecule has 0 heterocycles. The first-order chi connectivity index (χ1) is 6.65. The monoisotopic (exact) mass is 218 g/mol. The van der Waals surface area contributed by atoms with Crippen molar-refractivity contribution in [2.75, 3.05) is 31.1 Å². The van der Waals surface area contributed by atoms with Crippen LogP contribution in [0.15, 0.2) is 0 Å². The lowest BCUT2D eigenvalue weighted by Crippen LogP contribution is -2.32. The minimum Gasteiger partial charge on any atom is -0.343 e. The van der Waals surface area contributed by atoms with Crippen LogP contribution in [0.4, 0.5) is 0 Å². The molecule has 0 spiro atoms. The molecule has 2 N–H and O–H groups in total. The Hall–Kier alpha value is -0.220. The van der Waals surface area contributed by atoms with E-state index in [2.05, 4.69) is 6.92 Å². The maximum atomic E-state index is 11.5. The molecule has 0 aliphatic heterocycles. The minimum absolute atomic E-state index is 0.240. The van der Waals surface area contributed by atoms with Crippen LogP contribution in [0.3, 0.4) is 0 Å². The predicted octanol–water partition coefficient (Wildman–Crippen LogP) is 1.18. The van der Waals surface area contributed by atoms with Crippen LogP contribution in [0.25, 0.3) is 0 Å². The van der Waals surface area contributed by atoms with Crippen LogP contribution in [0.2, 0.25) is 0 Å². The van der Waals surface area contributed by atoms with Crippen LogP contribution in [-0.4, -0.2) is 41.9 Å². The van der Waals surface area contributed by atoms with E-state index < -0.39 is 0 Å². The molecule has 0 saturated carbocycles. The third-order valence-electron chi connectivity index (χ3n) is 2.15. The molecule has 0 saturated heterocycles. The van der Waals surface area contributed by atoms with E-state index in [0.717, 1.165) is 18.8 Å². The Morgan fingerprint density at radius 2 is 2.00 bits per heavy atom. The Kier molecular flexibility index (Phi) is 7.99. The van der Waals surface area contributed by atoms with E-state index in [1.807, 2.05) is 18.7 Å². The summed E-state index contributed by atoms with van der Waals surface area (Å²) in [4.78, 5) is 13.4. The number of amides is 1. The van der Waals surface area contributed by atoms with E-state index >= 15 is 0 Å². The summed E-state index contributed by atoms with van der Waals surface area (Å²) in [6.45, 7) is 8.44. The normalized spacial score (nSPS) is 12.6. The zero-order valence-corrected chi connectivity index (χ0v) is 10.3. The van der Waals surface area contributed by atoms with Gasteiger partial charge in [-0.25, -0.2) is 0 Å². The van der Waals surface area contributed by atoms with E-state index in [1.165, 1.54) is 0 Å². The molecule has 4 heteroatoms. The van der Waals surface area contributed by atoms with Gasteiger partial charge in [-0.3, -0.25) is 4.79 Å². The zero-order valence-electron chi connectivity index (χ0n) is 9.45. The summed E-state index contributed by atoms with van der Waals surface area (Å²) < 4.78 is 0. The van der Waals surface area contributed by atoms with Crippen LogP contribution in [0.5, 0.6) is 0 Å². The summed E-state index contributed by atoms with van der Waals surface area (Å²) in [6.07, 6.45) is 0. The fourth-order valence-electron chi connectivity index (χ4n) is 1.08. The van der Waals surface area contributed by atoms with Gasteiger partial charge in [0.05, 0.1) is 5.75 Å². The van der Waals surface area contributed by atoms with Gasteiger partial charge in [0, 0.05) is 13.1 Å². The summed E-state index contributed by atoms with van der Waals surface area (Å²) in [7, 11) is 0. The van der Waals surface area contributed by atoms with Gasteiger partial charge in [0.15, 0.2) is 0 Å². The fraction of sp³-hybridized carbons (Fsp3) is 0.900. The average Bonchev–Trinajstić information content (AvgIpc) is 2.19. The molecule has 0 bridgehead atoms. The molecule has 14 heavy (non-hydrogen) atoms. The van der Waals surface area contributed by atoms with Crippen LogP contribution in [-0.2, 0) is 4.79 Å². The van der Waals surface area contributed by atoms with Crippen molar-refractivity contribution in [3.05, 3.63) is 0 Å². The van der Waals surface area contributed by atoms with Crippen molar-refractivity contribution in [1.82, 2.24) is 4.90 Å². The highest BCUT2D eigenvalue weighted by Gasteiger charge is 2.09. The van der Waals surface area contributed by atoms with Crippen molar-refractivity contribution in [3.63, 3.8) is 0 Å². The first-order valence-electron chi connectivity index (χ1n) is 5.21. The number of rotatable bonds is 7. The maximum absolute atomic E-state index is 11.5. The number of hydrogen-bond acceptors (Lipinski definition) is 3. The highest BCUT2D eigenvalue weighted by atomic mass is 32.2. The molecule has 3 nitrogen and oxygen atoms in total. The molecule has 1 atom stereocenters. The van der Waals surface area contributed by atoms with Crippen molar-refractivity contribution in [2.24, 2.45) is 11.7 Å². The van der Waals surface area contributed by atoms with Crippen molar-refractivity contribution in [1.29, 1.82) is 0 Å². The van der Waals surface area contributed by atoms with Gasteiger partial charge in [0.1, 0.15) is 0 Å². The topological polar surface area (TPSA) is 46.3 Å². The van der Waals surface area contributed by atoms with Gasteiger partial charge >= 0.3 is 0 Å². The molecule has 0 aromatic carbocycles. The van der Waals surface area contributed by atoms with Gasteiger partial charge in [0.2, 0.25) is 5.91 Å². The van der Waals surface area contributed by atoms with Crippen molar-refractivity contribution in [2.45, 2.75) is 20.8 Å². The van der Waals surface area contributed by atoms with Gasteiger partial charge in [0.25, 0.3) is 0 Å². The Labute approximate surface area is 91.4 Å². The van der Waals surface area contributed by atoms with Gasteiger partial charge < -0.3 is 10.6 Å². The minimum atomic E-state index is 0.240. The quantitative estimate of drug-likeness (QED) is 0.698. The lowest BCUT2D eigenvalue weighted by atomic mass is 10.2. The van der Waals surface area contributed by atoms with Gasteiger partial charge in [-0.05, 0) is 32.1 Å². The van der Waals surface area contributed by atoms with Crippen molar-refractivity contribution >= 4 is 17.7 Å². The third-order valence-corrected chi connectivity index (χ3v) is 3.40. The first-order valence-corrected chi connectivity index (χ1v) is 6.36. The highest BCUT2D eigenvalue weighted by molar-refractivity contribution is 7.99. The van der Waals surface area contributed by atoms with Gasteiger partial charge in [-0.15, -0.1) is 0 Å². The van der Waals surface area contributed by atoms with E-state index in [4.69, 9.17) is 5.73 Å². The molecule has 1 amide bonds. The second-order valence-electron chi connectivity index (χ2n) is 3.42. The van der Waals surface area contributed by atoms with E-state index in [-0.39, 0.29) is 5.91 Å². The van der Waals surface area contributed by atoms with E-state index in [0.29, 0.717) is 18.2 Å². The van der Waals surface area contributed by atoms with Gasteiger partial charge in [-0.2, -0.15) is 11.8 Å². The molecule has 0 aromatic heterocycles. The molecule has 0 fully saturated rings. The Morgan fingerprint density at radius 3 is 2.43 bits per heavy atom. The molecule has 1 unspecified atom stereocenters. The Balaban J connectivity index is 3.62. The van der Waals surface area contributed by atoms with Crippen LogP contribution in [0.1, 0.15) is 20.8 Å². The maximum Gasteiger partial charge on any atom is 0.232 e.